The average Bonchev–Trinajstić information content (AvgIpc) is 2.60. The zero-order valence-electron chi connectivity index (χ0n) is 15.9. The van der Waals surface area contributed by atoms with Crippen LogP contribution in [0.1, 0.15) is 45.1 Å². The smallest absolute Gasteiger partial charge is 0.416 e. The Bertz CT molecular complexity index is 798. The first kappa shape index (κ1) is 22.6. The molecule has 0 heterocycles. The predicted octanol–water partition coefficient (Wildman–Crippen LogP) is 3.52. The van der Waals surface area contributed by atoms with Crippen LogP contribution in [0.25, 0.3) is 0 Å². The summed E-state index contributed by atoms with van der Waals surface area (Å²) in [6.45, 7) is 2.92. The maximum atomic E-state index is 12.7. The van der Waals surface area contributed by atoms with Crippen LogP contribution in [-0.4, -0.2) is 48.6 Å². The number of aliphatic carboxylic acids is 1. The first-order valence-corrected chi connectivity index (χ1v) is 10.3. The first-order valence-electron chi connectivity index (χ1n) is 8.81. The van der Waals surface area contributed by atoms with Gasteiger partial charge in [0.2, 0.25) is 10.0 Å². The van der Waals surface area contributed by atoms with Crippen molar-refractivity contribution in [2.45, 2.75) is 68.3 Å². The zero-order valence-corrected chi connectivity index (χ0v) is 16.7. The number of alkyl halides is 3. The summed E-state index contributed by atoms with van der Waals surface area (Å²) in [5.74, 6) is -1.07. The highest BCUT2D eigenvalue weighted by atomic mass is 32.2. The van der Waals surface area contributed by atoms with E-state index in [0.717, 1.165) is 24.3 Å². The number of sulfonamides is 1. The van der Waals surface area contributed by atoms with Crippen molar-refractivity contribution in [1.82, 2.24) is 4.31 Å². The van der Waals surface area contributed by atoms with E-state index in [1.165, 1.54) is 25.2 Å². The van der Waals surface area contributed by atoms with Crippen molar-refractivity contribution in [3.8, 4) is 0 Å². The molecule has 1 saturated carbocycles. The number of nitrogens with zero attached hydrogens (tertiary/aromatic N) is 1. The van der Waals surface area contributed by atoms with Crippen LogP contribution in [0, 0.1) is 0 Å². The lowest BCUT2D eigenvalue weighted by atomic mass is 9.92. The van der Waals surface area contributed by atoms with Gasteiger partial charge in [0.25, 0.3) is 0 Å². The second-order valence-electron chi connectivity index (χ2n) is 7.41. The largest absolute Gasteiger partial charge is 0.479 e. The van der Waals surface area contributed by atoms with Crippen LogP contribution < -0.4 is 0 Å². The molecule has 28 heavy (non-hydrogen) atoms. The third-order valence-electron chi connectivity index (χ3n) is 4.99. The lowest BCUT2D eigenvalue weighted by Crippen LogP contribution is -2.44. The molecule has 1 aliphatic rings. The van der Waals surface area contributed by atoms with Crippen molar-refractivity contribution >= 4 is 16.0 Å². The Kier molecular flexibility index (Phi) is 6.47. The van der Waals surface area contributed by atoms with E-state index in [-0.39, 0.29) is 17.0 Å². The molecule has 0 saturated heterocycles. The van der Waals surface area contributed by atoms with E-state index >= 15 is 0 Å². The molecular formula is C18H24F3NO5S. The highest BCUT2D eigenvalue weighted by molar-refractivity contribution is 7.89. The fraction of sp³-hybridized carbons (Fsp3) is 0.611. The van der Waals surface area contributed by atoms with Gasteiger partial charge in [0.05, 0.1) is 16.6 Å². The van der Waals surface area contributed by atoms with Gasteiger partial charge in [-0.1, -0.05) is 0 Å². The number of hydrogen-bond acceptors (Lipinski definition) is 4. The highest BCUT2D eigenvalue weighted by Gasteiger charge is 2.37. The van der Waals surface area contributed by atoms with Crippen molar-refractivity contribution in [3.63, 3.8) is 0 Å². The number of hydrogen-bond donors (Lipinski definition) is 1. The highest BCUT2D eigenvalue weighted by Crippen LogP contribution is 2.32. The van der Waals surface area contributed by atoms with Gasteiger partial charge < -0.3 is 9.84 Å². The first-order chi connectivity index (χ1) is 12.7. The van der Waals surface area contributed by atoms with E-state index in [1.807, 2.05) is 0 Å². The Hall–Kier alpha value is -1.65. The van der Waals surface area contributed by atoms with Gasteiger partial charge >= 0.3 is 12.1 Å². The minimum Gasteiger partial charge on any atom is -0.479 e. The van der Waals surface area contributed by atoms with Gasteiger partial charge in [0.15, 0.2) is 5.60 Å². The predicted molar refractivity (Wildman–Crippen MR) is 95.2 cm³/mol. The quantitative estimate of drug-likeness (QED) is 0.757. The van der Waals surface area contributed by atoms with E-state index in [0.29, 0.717) is 25.7 Å². The second-order valence-corrected chi connectivity index (χ2v) is 9.40. The van der Waals surface area contributed by atoms with Gasteiger partial charge in [-0.05, 0) is 63.8 Å². The number of halogens is 3. The van der Waals surface area contributed by atoms with Gasteiger partial charge in [-0.3, -0.25) is 0 Å². The zero-order chi connectivity index (χ0) is 21.3. The van der Waals surface area contributed by atoms with Crippen LogP contribution in [0.15, 0.2) is 29.2 Å². The van der Waals surface area contributed by atoms with Gasteiger partial charge in [-0.25, -0.2) is 13.2 Å². The molecule has 0 unspecified atom stereocenters. The summed E-state index contributed by atoms with van der Waals surface area (Å²) in [5, 5.41) is 9.13. The summed E-state index contributed by atoms with van der Waals surface area (Å²) in [7, 11) is -2.53. The summed E-state index contributed by atoms with van der Waals surface area (Å²) in [4.78, 5) is 11.0. The van der Waals surface area contributed by atoms with Crippen LogP contribution >= 0.6 is 0 Å². The van der Waals surface area contributed by atoms with Crippen molar-refractivity contribution in [2.75, 3.05) is 7.05 Å². The van der Waals surface area contributed by atoms with Crippen molar-refractivity contribution in [1.29, 1.82) is 0 Å². The minimum atomic E-state index is -4.53. The Labute approximate surface area is 162 Å². The summed E-state index contributed by atoms with van der Waals surface area (Å²) in [6.07, 6.45) is -2.89. The van der Waals surface area contributed by atoms with Crippen LogP contribution in [0.5, 0.6) is 0 Å². The van der Waals surface area contributed by atoms with Gasteiger partial charge in [0.1, 0.15) is 0 Å². The molecule has 0 aromatic heterocycles. The van der Waals surface area contributed by atoms with Crippen molar-refractivity contribution in [2.24, 2.45) is 0 Å². The second kappa shape index (κ2) is 8.00. The molecule has 1 N–H and O–H groups in total. The lowest BCUT2D eigenvalue weighted by Gasteiger charge is -2.36. The van der Waals surface area contributed by atoms with E-state index in [2.05, 4.69) is 0 Å². The normalized spacial score (nSPS) is 21.7. The van der Waals surface area contributed by atoms with Gasteiger partial charge in [-0.15, -0.1) is 0 Å². The van der Waals surface area contributed by atoms with Crippen molar-refractivity contribution in [3.05, 3.63) is 29.8 Å². The Morgan fingerprint density at radius 3 is 2.04 bits per heavy atom. The number of benzene rings is 1. The molecule has 0 atom stereocenters. The number of carboxylic acid groups (broad SMARTS) is 1. The van der Waals surface area contributed by atoms with Crippen molar-refractivity contribution < 1.29 is 36.2 Å². The Morgan fingerprint density at radius 1 is 1.11 bits per heavy atom. The molecule has 0 radical (unpaired) electrons. The fourth-order valence-electron chi connectivity index (χ4n) is 3.17. The molecule has 1 aromatic carbocycles. The van der Waals surface area contributed by atoms with E-state index in [9.17, 15) is 26.4 Å². The molecule has 6 nitrogen and oxygen atoms in total. The number of carbonyl (C=O) groups is 1. The maximum absolute atomic E-state index is 12.7. The summed E-state index contributed by atoms with van der Waals surface area (Å²) in [6, 6.07) is 3.08. The summed E-state index contributed by atoms with van der Waals surface area (Å²) in [5.41, 5.74) is -2.23. The van der Waals surface area contributed by atoms with Crippen LogP contribution in [0.3, 0.4) is 0 Å². The van der Waals surface area contributed by atoms with E-state index in [4.69, 9.17) is 9.84 Å². The average molecular weight is 423 g/mol. The molecule has 10 heteroatoms. The molecule has 1 fully saturated rings. The third kappa shape index (κ3) is 5.03. The molecule has 2 rings (SSSR count). The lowest BCUT2D eigenvalue weighted by molar-refractivity contribution is -0.170. The number of rotatable bonds is 6. The SMILES string of the molecule is CN([C@H]1CC[C@H](OC(C)(C)C(=O)O)CC1)S(=O)(=O)c1ccc(C(F)(F)F)cc1. The Morgan fingerprint density at radius 2 is 1.61 bits per heavy atom. The molecule has 1 aromatic rings. The molecule has 1 aliphatic carbocycles. The summed E-state index contributed by atoms with van der Waals surface area (Å²) >= 11 is 0. The van der Waals surface area contributed by atoms with E-state index in [1.54, 1.807) is 0 Å². The summed E-state index contributed by atoms with van der Waals surface area (Å²) < 4.78 is 70.2. The molecule has 0 aliphatic heterocycles. The molecule has 158 valence electrons. The minimum absolute atomic E-state index is 0.201. The molecule has 0 bridgehead atoms. The molecule has 0 amide bonds. The third-order valence-corrected chi connectivity index (χ3v) is 6.92. The monoisotopic (exact) mass is 423 g/mol. The van der Waals surface area contributed by atoms with Crippen LogP contribution in [-0.2, 0) is 25.7 Å². The van der Waals surface area contributed by atoms with E-state index < -0.39 is 33.3 Å². The molecular weight excluding hydrogens is 399 g/mol. The number of ether oxygens (including phenoxy) is 1. The van der Waals surface area contributed by atoms with Gasteiger partial charge in [-0.2, -0.15) is 17.5 Å². The topological polar surface area (TPSA) is 83.9 Å². The Balaban J connectivity index is 2.04. The van der Waals surface area contributed by atoms with Gasteiger partial charge in [0, 0.05) is 13.1 Å². The fourth-order valence-corrected chi connectivity index (χ4v) is 4.59. The van der Waals surface area contributed by atoms with Crippen LogP contribution in [0.2, 0.25) is 0 Å². The van der Waals surface area contributed by atoms with Crippen LogP contribution in [0.4, 0.5) is 13.2 Å². The standard InChI is InChI=1S/C18H24F3NO5S/c1-17(2,16(23)24)27-14-8-6-13(7-9-14)22(3)28(25,26)15-10-4-12(5-11-15)18(19,20)21/h4-5,10-11,13-14H,6-9H2,1-3H3,(H,23,24)/t13-,14-. The number of carboxylic acids is 1. The molecule has 0 spiro atoms. The maximum Gasteiger partial charge on any atom is 0.416 e.